The van der Waals surface area contributed by atoms with Gasteiger partial charge in [0.05, 0.1) is 10.6 Å². The first-order valence-corrected chi connectivity index (χ1v) is 7.66. The minimum absolute atomic E-state index is 0.0491. The first kappa shape index (κ1) is 21.0. The average Bonchev–Trinajstić information content (AvgIpc) is 2.54. The number of amides is 1. The van der Waals surface area contributed by atoms with Crippen molar-refractivity contribution in [1.82, 2.24) is 0 Å². The van der Waals surface area contributed by atoms with E-state index in [1.807, 2.05) is 0 Å². The Morgan fingerprint density at radius 2 is 1.48 bits per heavy atom. The molecule has 0 unspecified atom stereocenters. The Labute approximate surface area is 153 Å². The van der Waals surface area contributed by atoms with E-state index >= 15 is 0 Å². The normalized spacial score (nSPS) is 12.8. The van der Waals surface area contributed by atoms with E-state index in [0.717, 1.165) is 13.0 Å². The van der Waals surface area contributed by atoms with Crippen molar-refractivity contribution in [2.75, 3.05) is 5.32 Å². The number of hydrogen-bond acceptors (Lipinski definition) is 1. The second-order valence-electron chi connectivity index (χ2n) is 5.62. The Morgan fingerprint density at radius 3 is 1.96 bits per heavy atom. The fraction of sp³-hybridized carbons (Fsp3) is 0.235. The molecule has 0 atom stereocenters. The summed E-state index contributed by atoms with van der Waals surface area (Å²) in [6.07, 6.45) is -12.4. The zero-order valence-electron chi connectivity index (χ0n) is 13.5. The lowest BCUT2D eigenvalue weighted by molar-refractivity contribution is -0.348. The fourth-order valence-electron chi connectivity index (χ4n) is 2.34. The van der Waals surface area contributed by atoms with Gasteiger partial charge in [-0.3, -0.25) is 4.79 Å². The van der Waals surface area contributed by atoms with Crippen LogP contribution in [-0.4, -0.2) is 18.3 Å². The Bertz CT molecular complexity index is 847. The summed E-state index contributed by atoms with van der Waals surface area (Å²) in [5.74, 6) is -0.727. The Balaban J connectivity index is 2.41. The predicted molar refractivity (Wildman–Crippen MR) is 85.5 cm³/mol. The molecule has 146 valence electrons. The van der Waals surface area contributed by atoms with Crippen molar-refractivity contribution >= 4 is 23.2 Å². The summed E-state index contributed by atoms with van der Waals surface area (Å²) in [6, 6.07) is 7.37. The number of aryl methyl sites for hydroxylation is 1. The van der Waals surface area contributed by atoms with E-state index in [0.29, 0.717) is 12.1 Å². The first-order chi connectivity index (χ1) is 12.3. The van der Waals surface area contributed by atoms with E-state index in [4.69, 9.17) is 11.6 Å². The van der Waals surface area contributed by atoms with Gasteiger partial charge in [0.15, 0.2) is 0 Å². The van der Waals surface area contributed by atoms with Crippen molar-refractivity contribution in [2.45, 2.75) is 24.9 Å². The van der Waals surface area contributed by atoms with Gasteiger partial charge in [-0.2, -0.15) is 26.3 Å². The lowest BCUT2D eigenvalue weighted by Crippen LogP contribution is -2.50. The van der Waals surface area contributed by atoms with Crippen molar-refractivity contribution < 1.29 is 35.5 Å². The largest absolute Gasteiger partial charge is 0.435 e. The molecule has 0 radical (unpaired) electrons. The quantitative estimate of drug-likeness (QED) is 0.597. The summed E-state index contributed by atoms with van der Waals surface area (Å²) in [6.45, 7) is 1.14. The number of alkyl halides is 7. The SMILES string of the molecule is Cc1cc(C(F)(C(F)(F)F)C(F)(F)F)ccc1NC(=O)c1ccccc1Cl. The van der Waals surface area contributed by atoms with Crippen LogP contribution in [0.3, 0.4) is 0 Å². The zero-order chi connectivity index (χ0) is 20.6. The third-order valence-corrected chi connectivity index (χ3v) is 4.10. The molecular formula is C17H11ClF7NO. The molecule has 0 spiro atoms. The van der Waals surface area contributed by atoms with Gasteiger partial charge in [-0.1, -0.05) is 35.9 Å². The van der Waals surface area contributed by atoms with E-state index < -0.39 is 29.5 Å². The number of carbonyl (C=O) groups excluding carboxylic acids is 1. The fourth-order valence-corrected chi connectivity index (χ4v) is 2.56. The molecule has 0 aromatic heterocycles. The summed E-state index contributed by atoms with van der Waals surface area (Å²) in [7, 11) is 0. The molecule has 2 rings (SSSR count). The Hall–Kier alpha value is -2.29. The molecule has 0 aliphatic heterocycles. The molecule has 2 aromatic rings. The van der Waals surface area contributed by atoms with Crippen LogP contribution in [0.5, 0.6) is 0 Å². The lowest BCUT2D eigenvalue weighted by Gasteiger charge is -2.30. The van der Waals surface area contributed by atoms with Crippen LogP contribution in [0.15, 0.2) is 42.5 Å². The van der Waals surface area contributed by atoms with Gasteiger partial charge >= 0.3 is 18.0 Å². The third kappa shape index (κ3) is 3.87. The van der Waals surface area contributed by atoms with Crippen molar-refractivity contribution in [3.8, 4) is 0 Å². The molecule has 27 heavy (non-hydrogen) atoms. The molecular weight excluding hydrogens is 403 g/mol. The highest BCUT2D eigenvalue weighted by Gasteiger charge is 2.73. The van der Waals surface area contributed by atoms with E-state index in [1.165, 1.54) is 18.2 Å². The number of nitrogens with one attached hydrogen (secondary N) is 1. The molecule has 0 saturated heterocycles. The van der Waals surface area contributed by atoms with Gasteiger partial charge in [0.25, 0.3) is 5.91 Å². The third-order valence-electron chi connectivity index (χ3n) is 3.77. The van der Waals surface area contributed by atoms with E-state index in [9.17, 15) is 35.5 Å². The van der Waals surface area contributed by atoms with Crippen molar-refractivity contribution in [2.24, 2.45) is 0 Å². The topological polar surface area (TPSA) is 29.1 Å². The Kier molecular flexibility index (Phi) is 5.47. The number of halogens is 8. The summed E-state index contributed by atoms with van der Waals surface area (Å²) in [4.78, 5) is 12.2. The molecule has 0 saturated carbocycles. The second-order valence-corrected chi connectivity index (χ2v) is 6.02. The van der Waals surface area contributed by atoms with Gasteiger partial charge in [0.2, 0.25) is 0 Å². The minimum atomic E-state index is -6.21. The molecule has 1 amide bonds. The van der Waals surface area contributed by atoms with Crippen LogP contribution in [0.25, 0.3) is 0 Å². The van der Waals surface area contributed by atoms with Gasteiger partial charge in [-0.25, -0.2) is 4.39 Å². The van der Waals surface area contributed by atoms with Crippen LogP contribution >= 0.6 is 11.6 Å². The molecule has 10 heteroatoms. The standard InChI is InChI=1S/C17H11ClF7NO/c1-9-8-10(15(19,16(20,21)22)17(23,24)25)6-7-13(9)26-14(27)11-4-2-3-5-12(11)18/h2-8H,1H3,(H,26,27). The van der Waals surface area contributed by atoms with Crippen LogP contribution < -0.4 is 5.32 Å². The number of hydrogen-bond donors (Lipinski definition) is 1. The monoisotopic (exact) mass is 413 g/mol. The molecule has 2 aromatic carbocycles. The highest BCUT2D eigenvalue weighted by Crippen LogP contribution is 2.53. The van der Waals surface area contributed by atoms with Crippen LogP contribution in [-0.2, 0) is 5.67 Å². The van der Waals surface area contributed by atoms with Crippen LogP contribution in [0.2, 0.25) is 5.02 Å². The maximum absolute atomic E-state index is 14.1. The summed E-state index contributed by atoms with van der Waals surface area (Å²) < 4.78 is 91.0. The molecule has 0 fully saturated rings. The smallest absolute Gasteiger partial charge is 0.322 e. The van der Waals surface area contributed by atoms with E-state index in [2.05, 4.69) is 5.32 Å². The molecule has 1 N–H and O–H groups in total. The van der Waals surface area contributed by atoms with Crippen molar-refractivity contribution in [3.63, 3.8) is 0 Å². The van der Waals surface area contributed by atoms with Crippen LogP contribution in [0.1, 0.15) is 21.5 Å². The van der Waals surface area contributed by atoms with Crippen molar-refractivity contribution in [1.29, 1.82) is 0 Å². The predicted octanol–water partition coefficient (Wildman–Crippen LogP) is 6.19. The summed E-state index contributed by atoms with van der Waals surface area (Å²) in [5.41, 5.74) is -7.39. The Morgan fingerprint density at radius 1 is 0.926 bits per heavy atom. The second kappa shape index (κ2) is 7.03. The maximum Gasteiger partial charge on any atom is 0.435 e. The zero-order valence-corrected chi connectivity index (χ0v) is 14.2. The van der Waals surface area contributed by atoms with Gasteiger partial charge in [-0.05, 0) is 30.7 Å². The summed E-state index contributed by atoms with van der Waals surface area (Å²) >= 11 is 5.85. The highest BCUT2D eigenvalue weighted by atomic mass is 35.5. The number of anilines is 1. The highest BCUT2D eigenvalue weighted by molar-refractivity contribution is 6.34. The molecule has 0 aliphatic carbocycles. The molecule has 0 bridgehead atoms. The van der Waals surface area contributed by atoms with Gasteiger partial charge < -0.3 is 5.32 Å². The van der Waals surface area contributed by atoms with Crippen LogP contribution in [0, 0.1) is 6.92 Å². The van der Waals surface area contributed by atoms with E-state index in [1.54, 1.807) is 6.07 Å². The summed E-state index contributed by atoms with van der Waals surface area (Å²) in [5, 5.41) is 2.41. The molecule has 0 heterocycles. The number of rotatable bonds is 3. The minimum Gasteiger partial charge on any atom is -0.322 e. The van der Waals surface area contributed by atoms with Gasteiger partial charge in [-0.15, -0.1) is 0 Å². The maximum atomic E-state index is 14.1. The molecule has 0 aliphatic rings. The number of benzene rings is 2. The van der Waals surface area contributed by atoms with Crippen molar-refractivity contribution in [3.05, 3.63) is 64.2 Å². The number of carbonyl (C=O) groups is 1. The van der Waals surface area contributed by atoms with E-state index in [-0.39, 0.29) is 21.8 Å². The van der Waals surface area contributed by atoms with Gasteiger partial charge in [0.1, 0.15) is 0 Å². The lowest BCUT2D eigenvalue weighted by atomic mass is 9.92. The molecule has 2 nitrogen and oxygen atoms in total. The first-order valence-electron chi connectivity index (χ1n) is 7.28. The average molecular weight is 414 g/mol. The van der Waals surface area contributed by atoms with Crippen LogP contribution in [0.4, 0.5) is 36.4 Å². The van der Waals surface area contributed by atoms with Gasteiger partial charge in [0, 0.05) is 11.3 Å².